The van der Waals surface area contributed by atoms with Crippen LogP contribution in [0.4, 0.5) is 5.69 Å². The van der Waals surface area contributed by atoms with Gasteiger partial charge in [-0.25, -0.2) is 15.0 Å². The highest BCUT2D eigenvalue weighted by atomic mass is 16.5. The summed E-state index contributed by atoms with van der Waals surface area (Å²) in [5, 5.41) is 9.60. The van der Waals surface area contributed by atoms with Crippen molar-refractivity contribution in [3.63, 3.8) is 0 Å². The minimum absolute atomic E-state index is 0.0278. The number of aryl methyl sites for hydroxylation is 2. The Hall–Kier alpha value is -5.51. The van der Waals surface area contributed by atoms with Crippen molar-refractivity contribution < 1.29 is 9.47 Å². The zero-order valence-corrected chi connectivity index (χ0v) is 28.9. The maximum atomic E-state index is 9.60. The molecule has 1 atom stereocenters. The Morgan fingerprint density at radius 1 is 0.896 bits per heavy atom. The Kier molecular flexibility index (Phi) is 12.0. The van der Waals surface area contributed by atoms with E-state index in [-0.39, 0.29) is 17.2 Å². The Morgan fingerprint density at radius 2 is 1.50 bits per heavy atom. The lowest BCUT2D eigenvalue weighted by molar-refractivity contribution is 0.0753. The number of nitrogens with zero attached hydrogens (tertiary/aromatic N) is 4. The van der Waals surface area contributed by atoms with Gasteiger partial charge in [-0.3, -0.25) is 0 Å². The molecule has 0 N–H and O–H groups in total. The van der Waals surface area contributed by atoms with E-state index < -0.39 is 5.60 Å². The van der Waals surface area contributed by atoms with Gasteiger partial charge < -0.3 is 14.4 Å². The molecule has 0 aliphatic carbocycles. The Bertz CT molecular complexity index is 1860. The number of hydrogen-bond acceptors (Lipinski definition) is 4. The third-order valence-electron chi connectivity index (χ3n) is 8.83. The third kappa shape index (κ3) is 7.71. The summed E-state index contributed by atoms with van der Waals surface area (Å²) < 4.78 is 12.1. The van der Waals surface area contributed by atoms with Crippen LogP contribution in [0.1, 0.15) is 79.8 Å². The van der Waals surface area contributed by atoms with E-state index in [9.17, 15) is 5.26 Å². The fourth-order valence-corrected chi connectivity index (χ4v) is 5.94. The molecular formula is C42H44N4O2. The van der Waals surface area contributed by atoms with Gasteiger partial charge in [0, 0.05) is 36.0 Å². The van der Waals surface area contributed by atoms with E-state index in [4.69, 9.17) is 22.6 Å². The minimum Gasteiger partial charge on any atom is -0.500 e. The highest BCUT2D eigenvalue weighted by Gasteiger charge is 2.43. The molecule has 0 bridgehead atoms. The Balaban J connectivity index is 1.67. The van der Waals surface area contributed by atoms with E-state index in [1.54, 1.807) is 7.11 Å². The van der Waals surface area contributed by atoms with Crippen LogP contribution in [-0.4, -0.2) is 20.2 Å². The van der Waals surface area contributed by atoms with Gasteiger partial charge in [0.2, 0.25) is 5.70 Å². The molecule has 3 aromatic rings. The summed E-state index contributed by atoms with van der Waals surface area (Å²) in [5.74, 6) is 0.881. The fraction of sp³-hybridized carbons (Fsp3) is 0.310. The molecule has 1 heterocycles. The van der Waals surface area contributed by atoms with Gasteiger partial charge in [0.25, 0.3) is 5.70 Å². The van der Waals surface area contributed by atoms with Gasteiger partial charge in [0.1, 0.15) is 17.1 Å². The van der Waals surface area contributed by atoms with Gasteiger partial charge in [-0.1, -0.05) is 93.5 Å². The molecule has 4 rings (SSSR count). The van der Waals surface area contributed by atoms with Crippen molar-refractivity contribution in [1.82, 2.24) is 0 Å². The van der Waals surface area contributed by atoms with Crippen molar-refractivity contribution in [2.75, 3.05) is 25.1 Å². The number of hydrogen-bond donors (Lipinski definition) is 0. The number of benzene rings is 3. The van der Waals surface area contributed by atoms with Crippen molar-refractivity contribution in [3.8, 4) is 11.8 Å². The average Bonchev–Trinajstić information content (AvgIpc) is 3.40. The van der Waals surface area contributed by atoms with Gasteiger partial charge in [-0.05, 0) is 73.6 Å². The summed E-state index contributed by atoms with van der Waals surface area (Å²) in [7, 11) is 1.73. The van der Waals surface area contributed by atoms with Crippen LogP contribution < -0.4 is 9.64 Å². The van der Waals surface area contributed by atoms with Crippen molar-refractivity contribution >= 4 is 23.9 Å². The van der Waals surface area contributed by atoms with Crippen LogP contribution in [0.15, 0.2) is 89.5 Å². The number of ether oxygens (including phenoxy) is 2. The highest BCUT2D eigenvalue weighted by molar-refractivity contribution is 5.77. The molecule has 0 spiro atoms. The first kappa shape index (κ1) is 35.3. The van der Waals surface area contributed by atoms with E-state index in [1.807, 2.05) is 55.5 Å². The predicted molar refractivity (Wildman–Crippen MR) is 197 cm³/mol. The van der Waals surface area contributed by atoms with Gasteiger partial charge in [-0.15, -0.1) is 0 Å². The largest absolute Gasteiger partial charge is 0.500 e. The quantitative estimate of drug-likeness (QED) is 0.106. The van der Waals surface area contributed by atoms with Gasteiger partial charge in [-0.2, -0.15) is 0 Å². The molecule has 0 saturated heterocycles. The molecule has 3 aromatic carbocycles. The van der Waals surface area contributed by atoms with Crippen LogP contribution in [0.25, 0.3) is 27.9 Å². The average molecular weight is 637 g/mol. The zero-order chi connectivity index (χ0) is 34.7. The molecule has 0 aromatic heterocycles. The zero-order valence-electron chi connectivity index (χ0n) is 28.9. The van der Waals surface area contributed by atoms with Gasteiger partial charge >= 0.3 is 0 Å². The molecule has 6 nitrogen and oxygen atoms in total. The van der Waals surface area contributed by atoms with E-state index in [1.165, 1.54) is 31.4 Å². The summed E-state index contributed by atoms with van der Waals surface area (Å²) in [4.78, 5) is 9.55. The molecular weight excluding hydrogens is 592 g/mol. The van der Waals surface area contributed by atoms with Crippen LogP contribution in [-0.2, 0) is 10.3 Å². The monoisotopic (exact) mass is 636 g/mol. The first-order chi connectivity index (χ1) is 23.2. The van der Waals surface area contributed by atoms with Crippen molar-refractivity contribution in [3.05, 3.63) is 146 Å². The van der Waals surface area contributed by atoms with Crippen LogP contribution in [0.2, 0.25) is 0 Å². The maximum absolute atomic E-state index is 9.60. The molecule has 1 unspecified atom stereocenters. The molecule has 0 fully saturated rings. The summed E-state index contributed by atoms with van der Waals surface area (Å²) >= 11 is 0. The van der Waals surface area contributed by atoms with Crippen LogP contribution in [0.5, 0.6) is 5.75 Å². The SMILES string of the molecule is [C-]#[N+]C1=C(/C=C/c2cc(C)c(/C=C/c3ccc(N(CCCC)CCCC)cc3OC)cc2C)C(C)(c2ccccc2)O/C1=C(\C#N)[N+]#[C-]. The van der Waals surface area contributed by atoms with E-state index in [0.29, 0.717) is 5.57 Å². The van der Waals surface area contributed by atoms with Crippen LogP contribution in [0.3, 0.4) is 0 Å². The summed E-state index contributed by atoms with van der Waals surface area (Å²) in [5.41, 5.74) is 6.84. The van der Waals surface area contributed by atoms with Crippen molar-refractivity contribution in [2.45, 2.75) is 65.9 Å². The van der Waals surface area contributed by atoms with E-state index in [2.05, 4.69) is 84.8 Å². The summed E-state index contributed by atoms with van der Waals surface area (Å²) in [6.45, 7) is 28.0. The molecule has 0 saturated carbocycles. The molecule has 48 heavy (non-hydrogen) atoms. The molecule has 0 radical (unpaired) electrons. The Labute approximate surface area is 286 Å². The standard InChI is InChI=1S/C42H44N4O2/c1-9-11-24-46(25-12-10-2)36-22-20-32(39(28-36)47-8)18-19-33-26-31(4)34(27-30(33)3)21-23-37-40(45-7)41(38(29-43)44-6)48-42(37,5)35-16-14-13-15-17-35/h13-23,26-28H,9-12,24-25H2,1-5,8H3/b19-18+,23-21+,41-38+. The lowest BCUT2D eigenvalue weighted by Gasteiger charge is -2.28. The first-order valence-electron chi connectivity index (χ1n) is 16.5. The normalized spacial score (nSPS) is 16.8. The van der Waals surface area contributed by atoms with E-state index >= 15 is 0 Å². The van der Waals surface area contributed by atoms with Crippen molar-refractivity contribution in [2.24, 2.45) is 0 Å². The van der Waals surface area contributed by atoms with Crippen LogP contribution >= 0.6 is 0 Å². The van der Waals surface area contributed by atoms with Crippen molar-refractivity contribution in [1.29, 1.82) is 5.26 Å². The third-order valence-corrected chi connectivity index (χ3v) is 8.83. The lowest BCUT2D eigenvalue weighted by atomic mass is 9.87. The smallest absolute Gasteiger partial charge is 0.292 e. The van der Waals surface area contributed by atoms with Crippen LogP contribution in [0, 0.1) is 38.3 Å². The first-order valence-corrected chi connectivity index (χ1v) is 16.5. The summed E-state index contributed by atoms with van der Waals surface area (Å²) in [6.07, 6.45) is 12.8. The number of anilines is 1. The fourth-order valence-electron chi connectivity index (χ4n) is 5.94. The lowest BCUT2D eigenvalue weighted by Crippen LogP contribution is -2.25. The molecule has 6 heteroatoms. The highest BCUT2D eigenvalue weighted by Crippen LogP contribution is 2.48. The van der Waals surface area contributed by atoms with Gasteiger partial charge in [0.05, 0.1) is 26.3 Å². The maximum Gasteiger partial charge on any atom is 0.292 e. The predicted octanol–water partition coefficient (Wildman–Crippen LogP) is 10.7. The minimum atomic E-state index is -1.04. The molecule has 1 aliphatic rings. The number of unbranched alkanes of at least 4 members (excludes halogenated alkanes) is 2. The number of allylic oxidation sites excluding steroid dienone is 1. The topological polar surface area (TPSA) is 54.2 Å². The summed E-state index contributed by atoms with van der Waals surface area (Å²) in [6, 6.07) is 22.3. The molecule has 244 valence electrons. The number of nitriles is 1. The number of methoxy groups -OCH3 is 1. The molecule has 0 amide bonds. The second-order valence-corrected chi connectivity index (χ2v) is 12.1. The Morgan fingerprint density at radius 3 is 2.04 bits per heavy atom. The van der Waals surface area contributed by atoms with Gasteiger partial charge in [0.15, 0.2) is 0 Å². The van der Waals surface area contributed by atoms with E-state index in [0.717, 1.165) is 52.2 Å². The second kappa shape index (κ2) is 16.4. The molecule has 1 aliphatic heterocycles. The second-order valence-electron chi connectivity index (χ2n) is 12.1. The number of rotatable bonds is 13.